The first kappa shape index (κ1) is 12.9. The Morgan fingerprint density at radius 2 is 2.35 bits per heavy atom. The highest BCUT2D eigenvalue weighted by Gasteiger charge is 2.34. The third-order valence-corrected chi connectivity index (χ3v) is 4.18. The molecule has 1 fully saturated rings. The summed E-state index contributed by atoms with van der Waals surface area (Å²) in [6, 6.07) is 7.68. The summed E-state index contributed by atoms with van der Waals surface area (Å²) in [5.74, 6) is 1.09. The van der Waals surface area contributed by atoms with Gasteiger partial charge in [-0.05, 0) is 30.5 Å². The molecule has 0 spiro atoms. The fraction of sp³-hybridized carbons (Fsp3) is 0.462. The average Bonchev–Trinajstić information content (AvgIpc) is 2.69. The van der Waals surface area contributed by atoms with Gasteiger partial charge >= 0.3 is 0 Å². The first-order valence-corrected chi connectivity index (χ1v) is 7.08. The summed E-state index contributed by atoms with van der Waals surface area (Å²) >= 11 is 9.34. The lowest BCUT2D eigenvalue weighted by Gasteiger charge is -2.25. The quantitative estimate of drug-likeness (QED) is 0.764. The molecule has 2 nitrogen and oxygen atoms in total. The van der Waals surface area contributed by atoms with Crippen molar-refractivity contribution in [3.05, 3.63) is 34.3 Å². The van der Waals surface area contributed by atoms with Crippen molar-refractivity contribution in [1.82, 2.24) is 4.90 Å². The van der Waals surface area contributed by atoms with Crippen LogP contribution in [-0.4, -0.2) is 29.3 Å². The Kier molecular flexibility index (Phi) is 4.10. The number of benzene rings is 1. The van der Waals surface area contributed by atoms with Crippen molar-refractivity contribution >= 4 is 33.4 Å². The summed E-state index contributed by atoms with van der Waals surface area (Å²) in [5.41, 5.74) is 0.726. The highest BCUT2D eigenvalue weighted by Crippen LogP contribution is 2.27. The normalized spacial score (nSPS) is 24.1. The number of likely N-dealkylation sites (tertiary alicyclic amines) is 1. The van der Waals surface area contributed by atoms with Crippen LogP contribution in [0.1, 0.15) is 23.7 Å². The summed E-state index contributed by atoms with van der Waals surface area (Å²) in [5, 5.41) is 0. The van der Waals surface area contributed by atoms with Crippen LogP contribution < -0.4 is 0 Å². The molecule has 1 saturated heterocycles. The second-order valence-corrected chi connectivity index (χ2v) is 5.72. The van der Waals surface area contributed by atoms with E-state index in [-0.39, 0.29) is 11.9 Å². The molecular formula is C13H15BrClNO. The van der Waals surface area contributed by atoms with Crippen LogP contribution in [0.25, 0.3) is 0 Å². The molecule has 1 aliphatic rings. The molecule has 92 valence electrons. The van der Waals surface area contributed by atoms with E-state index >= 15 is 0 Å². The minimum Gasteiger partial charge on any atom is -0.334 e. The van der Waals surface area contributed by atoms with Crippen LogP contribution in [0.2, 0.25) is 0 Å². The van der Waals surface area contributed by atoms with Gasteiger partial charge in [-0.15, -0.1) is 11.6 Å². The molecule has 0 saturated carbocycles. The Morgan fingerprint density at radius 1 is 1.59 bits per heavy atom. The Hall–Kier alpha value is -0.540. The molecule has 0 bridgehead atoms. The standard InChI is InChI=1S/C13H15BrClNO/c1-9-5-6-16(12(9)8-15)13(17)10-3-2-4-11(14)7-10/h2-4,7,9,12H,5-6,8H2,1H3. The van der Waals surface area contributed by atoms with E-state index in [2.05, 4.69) is 22.9 Å². The van der Waals surface area contributed by atoms with Crippen LogP contribution in [0.15, 0.2) is 28.7 Å². The summed E-state index contributed by atoms with van der Waals surface area (Å²) in [7, 11) is 0. The molecule has 1 heterocycles. The topological polar surface area (TPSA) is 20.3 Å². The fourth-order valence-corrected chi connectivity index (χ4v) is 3.15. The maximum Gasteiger partial charge on any atom is 0.254 e. The molecule has 2 rings (SSSR count). The molecule has 17 heavy (non-hydrogen) atoms. The van der Waals surface area contributed by atoms with Gasteiger partial charge in [-0.2, -0.15) is 0 Å². The van der Waals surface area contributed by atoms with Crippen molar-refractivity contribution in [3.8, 4) is 0 Å². The zero-order valence-electron chi connectivity index (χ0n) is 9.70. The van der Waals surface area contributed by atoms with Gasteiger partial charge in [0.15, 0.2) is 0 Å². The molecule has 4 heteroatoms. The van der Waals surface area contributed by atoms with Crippen LogP contribution in [-0.2, 0) is 0 Å². The molecule has 0 radical (unpaired) electrons. The van der Waals surface area contributed by atoms with Crippen LogP contribution in [0.5, 0.6) is 0 Å². The number of halogens is 2. The van der Waals surface area contributed by atoms with Gasteiger partial charge in [0.2, 0.25) is 0 Å². The monoisotopic (exact) mass is 315 g/mol. The number of rotatable bonds is 2. The number of hydrogen-bond donors (Lipinski definition) is 0. The minimum absolute atomic E-state index is 0.0845. The molecule has 0 N–H and O–H groups in total. The van der Waals surface area contributed by atoms with Crippen LogP contribution in [0, 0.1) is 5.92 Å². The Labute approximate surface area is 115 Å². The van der Waals surface area contributed by atoms with Crippen molar-refractivity contribution in [3.63, 3.8) is 0 Å². The third kappa shape index (κ3) is 2.66. The summed E-state index contributed by atoms with van der Waals surface area (Å²) in [4.78, 5) is 14.3. The number of carbonyl (C=O) groups excluding carboxylic acids is 1. The van der Waals surface area contributed by atoms with Crippen molar-refractivity contribution < 1.29 is 4.79 Å². The summed E-state index contributed by atoms with van der Waals surface area (Å²) < 4.78 is 0.929. The number of alkyl halides is 1. The van der Waals surface area contributed by atoms with Gasteiger partial charge < -0.3 is 4.90 Å². The highest BCUT2D eigenvalue weighted by atomic mass is 79.9. The van der Waals surface area contributed by atoms with Gasteiger partial charge in [0.05, 0.1) is 0 Å². The molecular weight excluding hydrogens is 302 g/mol. The van der Waals surface area contributed by atoms with Gasteiger partial charge in [0.25, 0.3) is 5.91 Å². The fourth-order valence-electron chi connectivity index (χ4n) is 2.28. The predicted octanol–water partition coefficient (Wildman–Crippen LogP) is 3.54. The van der Waals surface area contributed by atoms with Crippen LogP contribution in [0.3, 0.4) is 0 Å². The van der Waals surface area contributed by atoms with Gasteiger partial charge in [0, 0.05) is 28.5 Å². The molecule has 1 aliphatic heterocycles. The van der Waals surface area contributed by atoms with E-state index in [4.69, 9.17) is 11.6 Å². The first-order valence-electron chi connectivity index (χ1n) is 5.76. The van der Waals surface area contributed by atoms with E-state index in [1.54, 1.807) is 0 Å². The number of hydrogen-bond acceptors (Lipinski definition) is 1. The second-order valence-electron chi connectivity index (χ2n) is 4.50. The molecule has 1 aromatic carbocycles. The van der Waals surface area contributed by atoms with Crippen molar-refractivity contribution in [2.24, 2.45) is 5.92 Å². The molecule has 1 aromatic rings. The SMILES string of the molecule is CC1CCN(C(=O)c2cccc(Br)c2)C1CCl. The Morgan fingerprint density at radius 3 is 3.00 bits per heavy atom. The van der Waals surface area contributed by atoms with Crippen molar-refractivity contribution in [1.29, 1.82) is 0 Å². The van der Waals surface area contributed by atoms with Crippen LogP contribution >= 0.6 is 27.5 Å². The zero-order valence-corrected chi connectivity index (χ0v) is 12.0. The Balaban J connectivity index is 2.20. The third-order valence-electron chi connectivity index (χ3n) is 3.37. The minimum atomic E-state index is 0.0845. The van der Waals surface area contributed by atoms with E-state index in [0.29, 0.717) is 11.8 Å². The molecule has 0 aromatic heterocycles. The van der Waals surface area contributed by atoms with Gasteiger partial charge in [-0.25, -0.2) is 0 Å². The van der Waals surface area contributed by atoms with E-state index < -0.39 is 0 Å². The maximum atomic E-state index is 12.4. The second kappa shape index (κ2) is 5.40. The lowest BCUT2D eigenvalue weighted by Crippen LogP contribution is -2.38. The molecule has 2 atom stereocenters. The van der Waals surface area contributed by atoms with Crippen molar-refractivity contribution in [2.45, 2.75) is 19.4 Å². The number of nitrogens with zero attached hydrogens (tertiary/aromatic N) is 1. The summed E-state index contributed by atoms with van der Waals surface area (Å²) in [6.07, 6.45) is 1.04. The Bertz CT molecular complexity index is 424. The molecule has 0 aliphatic carbocycles. The van der Waals surface area contributed by atoms with Gasteiger partial charge in [-0.1, -0.05) is 28.9 Å². The average molecular weight is 317 g/mol. The number of carbonyl (C=O) groups is 1. The van der Waals surface area contributed by atoms with E-state index in [9.17, 15) is 4.79 Å². The van der Waals surface area contributed by atoms with Gasteiger partial charge in [0.1, 0.15) is 0 Å². The smallest absolute Gasteiger partial charge is 0.254 e. The zero-order chi connectivity index (χ0) is 12.4. The number of amides is 1. The molecule has 1 amide bonds. The van der Waals surface area contributed by atoms with E-state index in [1.165, 1.54) is 0 Å². The lowest BCUT2D eigenvalue weighted by atomic mass is 10.0. The van der Waals surface area contributed by atoms with Gasteiger partial charge in [-0.3, -0.25) is 4.79 Å². The highest BCUT2D eigenvalue weighted by molar-refractivity contribution is 9.10. The first-order chi connectivity index (χ1) is 8.13. The molecule has 2 unspecified atom stereocenters. The predicted molar refractivity (Wildman–Crippen MR) is 73.5 cm³/mol. The lowest BCUT2D eigenvalue weighted by molar-refractivity contribution is 0.0737. The summed E-state index contributed by atoms with van der Waals surface area (Å²) in [6.45, 7) is 2.96. The van der Waals surface area contributed by atoms with E-state index in [1.807, 2.05) is 29.2 Å². The van der Waals surface area contributed by atoms with Crippen molar-refractivity contribution in [2.75, 3.05) is 12.4 Å². The largest absolute Gasteiger partial charge is 0.334 e. The van der Waals surface area contributed by atoms with Crippen LogP contribution in [0.4, 0.5) is 0 Å². The van der Waals surface area contributed by atoms with E-state index in [0.717, 1.165) is 23.0 Å². The maximum absolute atomic E-state index is 12.4.